The molecule has 8 rings (SSSR count). The van der Waals surface area contributed by atoms with Crippen LogP contribution in [0.3, 0.4) is 0 Å². The van der Waals surface area contributed by atoms with Crippen molar-refractivity contribution in [2.24, 2.45) is 11.8 Å². The van der Waals surface area contributed by atoms with Gasteiger partial charge in [0.25, 0.3) is 5.56 Å². The fourth-order valence-corrected chi connectivity index (χ4v) is 9.46. The van der Waals surface area contributed by atoms with Gasteiger partial charge in [-0.2, -0.15) is 4.98 Å². The number of piperidine rings is 3. The van der Waals surface area contributed by atoms with Crippen LogP contribution in [0.5, 0.6) is 5.75 Å². The van der Waals surface area contributed by atoms with E-state index >= 15 is 0 Å². The fourth-order valence-electron chi connectivity index (χ4n) is 9.46. The smallest absolute Gasteiger partial charge is 0.263 e. The monoisotopic (exact) mass is 760 g/mol. The molecule has 3 aliphatic heterocycles. The highest BCUT2D eigenvalue weighted by atomic mass is 16.5. The molecule has 13 nitrogen and oxygen atoms in total. The van der Waals surface area contributed by atoms with Gasteiger partial charge in [0.15, 0.2) is 5.78 Å². The van der Waals surface area contributed by atoms with Gasteiger partial charge in [0.1, 0.15) is 23.8 Å². The molecule has 294 valence electrons. The zero-order valence-electron chi connectivity index (χ0n) is 32.5. The van der Waals surface area contributed by atoms with E-state index in [0.29, 0.717) is 53.6 Å². The van der Waals surface area contributed by atoms with Crippen LogP contribution in [0.4, 0.5) is 17.5 Å². The number of carbonyl (C=O) groups is 3. The number of fused-ring (bicyclic) bond motifs is 1. The van der Waals surface area contributed by atoms with Crippen molar-refractivity contribution in [2.75, 3.05) is 49.5 Å². The number of hydrogen-bond acceptors (Lipinski definition) is 11. The minimum absolute atomic E-state index is 0.0175. The molecule has 2 N–H and O–H groups in total. The average molecular weight is 761 g/mol. The summed E-state index contributed by atoms with van der Waals surface area (Å²) < 4.78 is 7.80. The van der Waals surface area contributed by atoms with Gasteiger partial charge in [-0.15, -0.1) is 0 Å². The highest BCUT2D eigenvalue weighted by molar-refractivity contribution is 6.01. The Kier molecular flexibility index (Phi) is 11.1. The molecule has 1 atom stereocenters. The van der Waals surface area contributed by atoms with E-state index in [1.165, 1.54) is 38.3 Å². The van der Waals surface area contributed by atoms with Crippen LogP contribution in [0.2, 0.25) is 0 Å². The Morgan fingerprint density at radius 2 is 1.59 bits per heavy atom. The molecule has 0 bridgehead atoms. The van der Waals surface area contributed by atoms with Crippen LogP contribution in [0, 0.1) is 18.8 Å². The lowest BCUT2D eigenvalue weighted by Gasteiger charge is -2.41. The van der Waals surface area contributed by atoms with Crippen LogP contribution in [0.1, 0.15) is 105 Å². The summed E-state index contributed by atoms with van der Waals surface area (Å²) in [7, 11) is 0. The van der Waals surface area contributed by atoms with Crippen LogP contribution < -0.4 is 25.8 Å². The molecule has 6 heterocycles. The van der Waals surface area contributed by atoms with E-state index in [9.17, 15) is 19.2 Å². The molecule has 3 aromatic heterocycles. The number of amides is 2. The van der Waals surface area contributed by atoms with Crippen molar-refractivity contribution in [2.45, 2.75) is 90.0 Å². The average Bonchev–Trinajstić information content (AvgIpc) is 3.74. The van der Waals surface area contributed by atoms with E-state index in [2.05, 4.69) is 54.7 Å². The number of anilines is 3. The van der Waals surface area contributed by atoms with Crippen molar-refractivity contribution in [1.82, 2.24) is 29.7 Å². The number of rotatable bonds is 11. The molecule has 0 spiro atoms. The molecule has 1 unspecified atom stereocenters. The van der Waals surface area contributed by atoms with Gasteiger partial charge in [0.05, 0.1) is 17.7 Å². The van der Waals surface area contributed by atoms with Crippen LogP contribution in [-0.4, -0.2) is 81.3 Å². The summed E-state index contributed by atoms with van der Waals surface area (Å²) in [5.74, 6) is 2.29. The lowest BCUT2D eigenvalue weighted by Crippen LogP contribution is -2.41. The molecule has 56 heavy (non-hydrogen) atoms. The number of likely N-dealkylation sites (tertiary alicyclic amines) is 1. The number of nitrogens with zero attached hydrogens (tertiary/aromatic N) is 6. The number of carbonyl (C=O) groups excluding carboxylic acids is 3. The number of ketones is 1. The molecule has 4 aromatic rings. The predicted octanol–water partition coefficient (Wildman–Crippen LogP) is 6.08. The van der Waals surface area contributed by atoms with E-state index in [-0.39, 0.29) is 40.7 Å². The zero-order valence-corrected chi connectivity index (χ0v) is 32.5. The van der Waals surface area contributed by atoms with E-state index in [4.69, 9.17) is 9.72 Å². The highest BCUT2D eigenvalue weighted by Gasteiger charge is 2.31. The normalized spacial score (nSPS) is 20.4. The van der Waals surface area contributed by atoms with Crippen LogP contribution in [-0.2, 0) is 9.59 Å². The van der Waals surface area contributed by atoms with Gasteiger partial charge >= 0.3 is 0 Å². The minimum Gasteiger partial charge on any atom is -0.491 e. The van der Waals surface area contributed by atoms with Gasteiger partial charge in [0, 0.05) is 49.4 Å². The molecule has 4 fully saturated rings. The summed E-state index contributed by atoms with van der Waals surface area (Å²) in [6.07, 6.45) is 13.1. The largest absolute Gasteiger partial charge is 0.491 e. The van der Waals surface area contributed by atoms with Gasteiger partial charge in [-0.05, 0) is 119 Å². The second kappa shape index (κ2) is 16.5. The number of imide groups is 1. The molecule has 2 amide bonds. The molecule has 1 aromatic carbocycles. The molecular weight excluding hydrogens is 709 g/mol. The standard InChI is InChI=1S/C43H52N8O5/c1-27-36-26-45-43(48-40(36)51(33-5-3-4-6-33)42(55)39(27)28(2)52)46-37-13-11-34(25-44-37)56-24-23-49-19-15-29(16-20-49)30-17-21-50(22-18-30)32-9-7-31(8-10-32)35-12-14-38(53)47-41(35)54/h7-11,13,25-26,29-30,33,35H,3-6,12,14-24H2,1-2H3,(H,47,53,54)(H,44,45,46,48). The summed E-state index contributed by atoms with van der Waals surface area (Å²) in [5, 5.41) is 6.36. The Morgan fingerprint density at radius 3 is 2.25 bits per heavy atom. The molecule has 3 saturated heterocycles. The van der Waals surface area contributed by atoms with Gasteiger partial charge in [0.2, 0.25) is 17.8 Å². The van der Waals surface area contributed by atoms with Crippen LogP contribution in [0.25, 0.3) is 11.0 Å². The summed E-state index contributed by atoms with van der Waals surface area (Å²) >= 11 is 0. The first-order valence-corrected chi connectivity index (χ1v) is 20.4. The third kappa shape index (κ3) is 8.05. The Labute approximate surface area is 327 Å². The molecule has 0 radical (unpaired) electrons. The molecular formula is C43H52N8O5. The van der Waals surface area contributed by atoms with Gasteiger partial charge in [-0.1, -0.05) is 25.0 Å². The maximum atomic E-state index is 13.5. The zero-order chi connectivity index (χ0) is 38.8. The first-order valence-electron chi connectivity index (χ1n) is 20.4. The van der Waals surface area contributed by atoms with Crippen molar-refractivity contribution < 1.29 is 19.1 Å². The topological polar surface area (TPSA) is 152 Å². The number of hydrogen-bond donors (Lipinski definition) is 2. The van der Waals surface area contributed by atoms with Crippen molar-refractivity contribution >= 4 is 46.1 Å². The molecule has 1 aliphatic carbocycles. The number of benzene rings is 1. The van der Waals surface area contributed by atoms with Gasteiger partial charge < -0.3 is 15.0 Å². The van der Waals surface area contributed by atoms with Gasteiger partial charge in [-0.3, -0.25) is 34.0 Å². The molecule has 1 saturated carbocycles. The quantitative estimate of drug-likeness (QED) is 0.135. The van der Waals surface area contributed by atoms with Crippen molar-refractivity contribution in [3.63, 3.8) is 0 Å². The van der Waals surface area contributed by atoms with E-state index in [1.807, 2.05) is 12.1 Å². The third-order valence-electron chi connectivity index (χ3n) is 12.6. The summed E-state index contributed by atoms with van der Waals surface area (Å²) in [6, 6.07) is 12.1. The van der Waals surface area contributed by atoms with Gasteiger partial charge in [-0.25, -0.2) is 9.97 Å². The number of aryl methyl sites for hydroxylation is 1. The summed E-state index contributed by atoms with van der Waals surface area (Å²) in [4.78, 5) is 68.6. The maximum absolute atomic E-state index is 13.5. The summed E-state index contributed by atoms with van der Waals surface area (Å²) in [6.45, 7) is 8.99. The Balaban J connectivity index is 0.782. The van der Waals surface area contributed by atoms with E-state index in [0.717, 1.165) is 75.8 Å². The Bertz CT molecular complexity index is 2130. The lowest BCUT2D eigenvalue weighted by molar-refractivity contribution is -0.134. The van der Waals surface area contributed by atoms with Crippen LogP contribution >= 0.6 is 0 Å². The Morgan fingerprint density at radius 1 is 0.875 bits per heavy atom. The van der Waals surface area contributed by atoms with Crippen LogP contribution in [0.15, 0.2) is 53.6 Å². The third-order valence-corrected chi connectivity index (χ3v) is 12.6. The van der Waals surface area contributed by atoms with E-state index < -0.39 is 0 Å². The number of pyridine rings is 2. The highest BCUT2D eigenvalue weighted by Crippen LogP contribution is 2.35. The predicted molar refractivity (Wildman–Crippen MR) is 215 cm³/mol. The Hall–Kier alpha value is -5.17. The van der Waals surface area contributed by atoms with Crippen molar-refractivity contribution in [1.29, 1.82) is 0 Å². The van der Waals surface area contributed by atoms with E-state index in [1.54, 1.807) is 23.9 Å². The summed E-state index contributed by atoms with van der Waals surface area (Å²) in [5.41, 5.74) is 3.31. The SMILES string of the molecule is CC(=O)c1c(C)c2cnc(Nc3ccc(OCCN4CCC(C5CCN(c6ccc(C7CCC(=O)NC7=O)cc6)CC5)CC4)cn3)nc2n(C2CCCC2)c1=O. The van der Waals surface area contributed by atoms with Crippen molar-refractivity contribution in [3.05, 3.63) is 75.8 Å². The number of nitrogens with one attached hydrogen (secondary N) is 2. The fraction of sp³-hybridized carbons (Fsp3) is 0.512. The molecule has 13 heteroatoms. The number of aromatic nitrogens is 4. The second-order valence-electron chi connectivity index (χ2n) is 16.1. The lowest BCUT2D eigenvalue weighted by atomic mass is 9.78. The first kappa shape index (κ1) is 37.7. The second-order valence-corrected chi connectivity index (χ2v) is 16.1. The first-order chi connectivity index (χ1) is 27.2. The number of Topliss-reactive ketones (excluding diaryl/α,β-unsaturated/α-hetero) is 1. The maximum Gasteiger partial charge on any atom is 0.263 e. The molecule has 4 aliphatic rings. The van der Waals surface area contributed by atoms with Crippen molar-refractivity contribution in [3.8, 4) is 5.75 Å². The number of ether oxygens (including phenoxy) is 1. The minimum atomic E-state index is -0.269.